The lowest BCUT2D eigenvalue weighted by molar-refractivity contribution is -0.143. The van der Waals surface area contributed by atoms with E-state index in [-0.39, 0.29) is 16.7 Å². The van der Waals surface area contributed by atoms with Crippen molar-refractivity contribution in [3.8, 4) is 0 Å². The highest BCUT2D eigenvalue weighted by Gasteiger charge is 2.32. The van der Waals surface area contributed by atoms with Crippen LogP contribution in [-0.2, 0) is 24.3 Å². The molecule has 1 aliphatic rings. The van der Waals surface area contributed by atoms with Gasteiger partial charge in [-0.2, -0.15) is 4.72 Å². The lowest BCUT2D eigenvalue weighted by atomic mass is 10.0. The van der Waals surface area contributed by atoms with Gasteiger partial charge >= 0.3 is 5.97 Å². The Morgan fingerprint density at radius 3 is 2.67 bits per heavy atom. The zero-order valence-corrected chi connectivity index (χ0v) is 14.9. The van der Waals surface area contributed by atoms with Crippen LogP contribution in [0.15, 0.2) is 23.1 Å². The summed E-state index contributed by atoms with van der Waals surface area (Å²) in [5.41, 5.74) is 1.24. The number of anilines is 1. The smallest absolute Gasteiger partial charge is 0.324 e. The molecule has 0 aromatic heterocycles. The molecule has 0 radical (unpaired) electrons. The number of nitrogens with one attached hydrogen (secondary N) is 2. The topological polar surface area (TPSA) is 102 Å². The maximum absolute atomic E-state index is 12.6. The van der Waals surface area contributed by atoms with E-state index in [1.165, 1.54) is 19.2 Å². The second-order valence-electron chi connectivity index (χ2n) is 5.97. The van der Waals surface area contributed by atoms with Gasteiger partial charge in [-0.05, 0) is 36.6 Å². The Hall–Kier alpha value is -1.93. The number of amides is 1. The van der Waals surface area contributed by atoms with E-state index in [2.05, 4.69) is 10.0 Å². The summed E-state index contributed by atoms with van der Waals surface area (Å²) in [6.07, 6.45) is 0.613. The molecule has 1 amide bonds. The van der Waals surface area contributed by atoms with Gasteiger partial charge in [0, 0.05) is 5.69 Å². The predicted molar refractivity (Wildman–Crippen MR) is 89.1 cm³/mol. The van der Waals surface area contributed by atoms with E-state index < -0.39 is 28.0 Å². The van der Waals surface area contributed by atoms with Crippen LogP contribution >= 0.6 is 0 Å². The van der Waals surface area contributed by atoms with E-state index in [9.17, 15) is 18.0 Å². The van der Waals surface area contributed by atoms with Crippen molar-refractivity contribution < 1.29 is 22.7 Å². The normalized spacial score (nSPS) is 19.3. The lowest BCUT2D eigenvalue weighted by Gasteiger charge is -2.22. The van der Waals surface area contributed by atoms with Gasteiger partial charge in [0.1, 0.15) is 6.04 Å². The molecule has 0 saturated carbocycles. The Labute approximate surface area is 141 Å². The van der Waals surface area contributed by atoms with Crippen LogP contribution in [0.1, 0.15) is 38.7 Å². The van der Waals surface area contributed by atoms with Gasteiger partial charge in [-0.3, -0.25) is 9.59 Å². The average molecular weight is 354 g/mol. The van der Waals surface area contributed by atoms with Gasteiger partial charge in [0.15, 0.2) is 0 Å². The van der Waals surface area contributed by atoms with Gasteiger partial charge in [0.05, 0.1) is 17.9 Å². The molecule has 7 nitrogen and oxygen atoms in total. The van der Waals surface area contributed by atoms with Crippen LogP contribution in [0.25, 0.3) is 0 Å². The maximum Gasteiger partial charge on any atom is 0.324 e. The van der Waals surface area contributed by atoms with Crippen LogP contribution < -0.4 is 10.0 Å². The molecule has 0 fully saturated rings. The Morgan fingerprint density at radius 2 is 2.08 bits per heavy atom. The highest BCUT2D eigenvalue weighted by atomic mass is 32.2. The minimum Gasteiger partial charge on any atom is -0.468 e. The van der Waals surface area contributed by atoms with Crippen molar-refractivity contribution in [2.75, 3.05) is 12.4 Å². The van der Waals surface area contributed by atoms with E-state index in [4.69, 9.17) is 4.74 Å². The molecular formula is C16H22N2O5S. The zero-order chi connectivity index (χ0) is 18.1. The first kappa shape index (κ1) is 18.4. The number of methoxy groups -OCH3 is 1. The minimum atomic E-state index is -3.92. The van der Waals surface area contributed by atoms with Gasteiger partial charge in [-0.25, -0.2) is 8.42 Å². The standard InChI is InChI=1S/C16H22N2O5S/c1-5-9(2)14(16(20)23-4)18-24(21,22)11-6-7-13-12(8-11)10(3)15(19)17-13/h6-10,14,18H,5H2,1-4H3,(H,17,19)/t9-,10-,14-/m0/s1. The quantitative estimate of drug-likeness (QED) is 0.756. The monoisotopic (exact) mass is 354 g/mol. The van der Waals surface area contributed by atoms with E-state index in [0.717, 1.165) is 0 Å². The third kappa shape index (κ3) is 3.44. The third-order valence-corrected chi connectivity index (χ3v) is 5.84. The second kappa shape index (κ2) is 6.90. The van der Waals surface area contributed by atoms with E-state index in [1.807, 2.05) is 6.92 Å². The number of carbonyl (C=O) groups excluding carboxylic acids is 2. The van der Waals surface area contributed by atoms with Gasteiger partial charge in [0.25, 0.3) is 0 Å². The lowest BCUT2D eigenvalue weighted by Crippen LogP contribution is -2.45. The molecule has 8 heteroatoms. The molecular weight excluding hydrogens is 332 g/mol. The van der Waals surface area contributed by atoms with Gasteiger partial charge in [-0.15, -0.1) is 0 Å². The molecule has 0 bridgehead atoms. The van der Waals surface area contributed by atoms with Crippen molar-refractivity contribution in [2.45, 2.75) is 44.0 Å². The van der Waals surface area contributed by atoms with Crippen molar-refractivity contribution in [1.29, 1.82) is 0 Å². The fourth-order valence-corrected chi connectivity index (χ4v) is 3.88. The summed E-state index contributed by atoms with van der Waals surface area (Å²) in [6, 6.07) is 3.47. The molecule has 1 aromatic carbocycles. The first-order chi connectivity index (χ1) is 11.2. The van der Waals surface area contributed by atoms with Crippen LogP contribution in [-0.4, -0.2) is 33.4 Å². The Balaban J connectivity index is 2.34. The first-order valence-electron chi connectivity index (χ1n) is 7.76. The van der Waals surface area contributed by atoms with Crippen molar-refractivity contribution >= 4 is 27.6 Å². The third-order valence-electron chi connectivity index (χ3n) is 4.40. The molecule has 2 rings (SSSR count). The fraction of sp³-hybridized carbons (Fsp3) is 0.500. The van der Waals surface area contributed by atoms with Crippen molar-refractivity contribution in [2.24, 2.45) is 5.92 Å². The molecule has 0 saturated heterocycles. The molecule has 132 valence electrons. The van der Waals surface area contributed by atoms with Gasteiger partial charge in [0.2, 0.25) is 15.9 Å². The number of carbonyl (C=O) groups is 2. The number of fused-ring (bicyclic) bond motifs is 1. The summed E-state index contributed by atoms with van der Waals surface area (Å²) in [6.45, 7) is 5.35. The zero-order valence-electron chi connectivity index (χ0n) is 14.1. The van der Waals surface area contributed by atoms with Gasteiger partial charge < -0.3 is 10.1 Å². The molecule has 1 aliphatic heterocycles. The van der Waals surface area contributed by atoms with Crippen molar-refractivity contribution in [1.82, 2.24) is 4.72 Å². The molecule has 0 unspecified atom stereocenters. The number of ether oxygens (including phenoxy) is 1. The SMILES string of the molecule is CC[C@H](C)[C@H](NS(=O)(=O)c1ccc2c(c1)[C@H](C)C(=O)N2)C(=O)OC. The van der Waals surface area contributed by atoms with E-state index >= 15 is 0 Å². The Morgan fingerprint density at radius 1 is 1.42 bits per heavy atom. The van der Waals surface area contributed by atoms with Crippen molar-refractivity contribution in [3.05, 3.63) is 23.8 Å². The molecule has 0 aliphatic carbocycles. The second-order valence-corrected chi connectivity index (χ2v) is 7.68. The van der Waals surface area contributed by atoms with E-state index in [0.29, 0.717) is 17.7 Å². The number of hydrogen-bond donors (Lipinski definition) is 2. The Bertz CT molecular complexity index is 760. The predicted octanol–water partition coefficient (Wildman–Crippen LogP) is 1.61. The number of esters is 1. The maximum atomic E-state index is 12.6. The Kier molecular flexibility index (Phi) is 5.29. The highest BCUT2D eigenvalue weighted by molar-refractivity contribution is 7.89. The molecule has 1 heterocycles. The number of hydrogen-bond acceptors (Lipinski definition) is 5. The summed E-state index contributed by atoms with van der Waals surface area (Å²) >= 11 is 0. The van der Waals surface area contributed by atoms with Gasteiger partial charge in [-0.1, -0.05) is 20.3 Å². The molecule has 24 heavy (non-hydrogen) atoms. The summed E-state index contributed by atoms with van der Waals surface area (Å²) in [4.78, 5) is 23.6. The summed E-state index contributed by atoms with van der Waals surface area (Å²) in [5, 5.41) is 2.69. The van der Waals surface area contributed by atoms with Crippen molar-refractivity contribution in [3.63, 3.8) is 0 Å². The average Bonchev–Trinajstić information content (AvgIpc) is 2.85. The number of rotatable bonds is 6. The number of benzene rings is 1. The molecule has 3 atom stereocenters. The first-order valence-corrected chi connectivity index (χ1v) is 9.24. The van der Waals surface area contributed by atoms with Crippen LogP contribution in [0.2, 0.25) is 0 Å². The van der Waals surface area contributed by atoms with E-state index in [1.54, 1.807) is 19.9 Å². The summed E-state index contributed by atoms with van der Waals surface area (Å²) in [7, 11) is -2.70. The van der Waals surface area contributed by atoms with Crippen LogP contribution in [0.5, 0.6) is 0 Å². The summed E-state index contributed by atoms with van der Waals surface area (Å²) in [5.74, 6) is -1.43. The molecule has 1 aromatic rings. The molecule has 0 spiro atoms. The largest absolute Gasteiger partial charge is 0.468 e. The minimum absolute atomic E-state index is 0.0156. The highest BCUT2D eigenvalue weighted by Crippen LogP contribution is 2.33. The van der Waals surface area contributed by atoms with Crippen LogP contribution in [0.4, 0.5) is 5.69 Å². The van der Waals surface area contributed by atoms with Crippen LogP contribution in [0, 0.1) is 5.92 Å². The molecule has 2 N–H and O–H groups in total. The van der Waals surface area contributed by atoms with Crippen LogP contribution in [0.3, 0.4) is 0 Å². The summed E-state index contributed by atoms with van der Waals surface area (Å²) < 4.78 is 32.4. The number of sulfonamides is 1. The fourth-order valence-electron chi connectivity index (χ4n) is 2.56.